The summed E-state index contributed by atoms with van der Waals surface area (Å²) in [6.45, 7) is 0.277. The lowest BCUT2D eigenvalue weighted by atomic mass is 10.3. The number of methoxy groups -OCH3 is 1. The van der Waals surface area contributed by atoms with Crippen LogP contribution in [0.4, 0.5) is 0 Å². The van der Waals surface area contributed by atoms with E-state index in [9.17, 15) is 4.79 Å². The second-order valence-electron chi connectivity index (χ2n) is 5.53. The number of para-hydroxylation sites is 1. The van der Waals surface area contributed by atoms with Gasteiger partial charge in [0.1, 0.15) is 11.4 Å². The molecular weight excluding hydrogens is 350 g/mol. The maximum atomic E-state index is 12.3. The number of ether oxygens (including phenoxy) is 1. The van der Waals surface area contributed by atoms with Gasteiger partial charge in [-0.2, -0.15) is 0 Å². The Morgan fingerprint density at radius 3 is 2.96 bits per heavy atom. The Balaban J connectivity index is 1.44. The highest BCUT2D eigenvalue weighted by Crippen LogP contribution is 2.21. The molecule has 4 rings (SSSR count). The number of nitrogens with zero attached hydrogens (tertiary/aromatic N) is 4. The third-order valence-electron chi connectivity index (χ3n) is 3.78. The topological polar surface area (TPSA) is 81.9 Å². The van der Waals surface area contributed by atoms with Crippen molar-refractivity contribution in [3.8, 4) is 11.4 Å². The summed E-state index contributed by atoms with van der Waals surface area (Å²) < 4.78 is 7.84. The number of carbonyl (C=O) groups excluding carboxylic acids is 1. The largest absolute Gasteiger partial charge is 0.497 e. The van der Waals surface area contributed by atoms with E-state index >= 15 is 0 Å². The quantitative estimate of drug-likeness (QED) is 0.588. The molecule has 2 aromatic heterocycles. The molecular formula is C18H15N5O2S. The number of amides is 1. The zero-order chi connectivity index (χ0) is 17.9. The van der Waals surface area contributed by atoms with Crippen molar-refractivity contribution in [1.82, 2.24) is 25.3 Å². The van der Waals surface area contributed by atoms with E-state index in [1.165, 1.54) is 11.3 Å². The fourth-order valence-corrected chi connectivity index (χ4v) is 3.36. The molecule has 0 fully saturated rings. The molecule has 26 heavy (non-hydrogen) atoms. The predicted octanol–water partition coefficient (Wildman–Crippen LogP) is 2.82. The number of carbonyl (C=O) groups is 1. The van der Waals surface area contributed by atoms with E-state index in [4.69, 9.17) is 4.74 Å². The number of fused-ring (bicyclic) bond motifs is 1. The van der Waals surface area contributed by atoms with Gasteiger partial charge in [0, 0.05) is 6.07 Å². The Labute approximate surface area is 153 Å². The van der Waals surface area contributed by atoms with Crippen LogP contribution in [-0.2, 0) is 6.54 Å². The molecule has 0 atom stereocenters. The van der Waals surface area contributed by atoms with Gasteiger partial charge in [-0.15, -0.1) is 16.4 Å². The fourth-order valence-electron chi connectivity index (χ4n) is 2.47. The van der Waals surface area contributed by atoms with Gasteiger partial charge in [-0.3, -0.25) is 4.79 Å². The first kappa shape index (κ1) is 16.2. The summed E-state index contributed by atoms with van der Waals surface area (Å²) in [7, 11) is 1.61. The summed E-state index contributed by atoms with van der Waals surface area (Å²) in [4.78, 5) is 16.7. The van der Waals surface area contributed by atoms with E-state index in [0.717, 1.165) is 21.7 Å². The molecule has 0 saturated heterocycles. The van der Waals surface area contributed by atoms with Crippen LogP contribution >= 0.6 is 11.3 Å². The minimum absolute atomic E-state index is 0.220. The van der Waals surface area contributed by atoms with Gasteiger partial charge in [-0.05, 0) is 24.3 Å². The molecule has 0 aliphatic rings. The highest BCUT2D eigenvalue weighted by molar-refractivity contribution is 7.20. The third-order valence-corrected chi connectivity index (χ3v) is 4.81. The lowest BCUT2D eigenvalue weighted by Gasteiger charge is -2.03. The van der Waals surface area contributed by atoms with Crippen LogP contribution < -0.4 is 10.1 Å². The van der Waals surface area contributed by atoms with Crippen molar-refractivity contribution >= 4 is 27.5 Å². The normalized spacial score (nSPS) is 10.8. The first-order valence-electron chi connectivity index (χ1n) is 7.92. The molecule has 0 bridgehead atoms. The lowest BCUT2D eigenvalue weighted by Crippen LogP contribution is -2.22. The standard InChI is InChI=1S/C18H15N5O2S/c1-25-14-6-4-5-13(9-14)23-11-12(21-22-23)10-19-17(24)18-20-15-7-2-3-8-16(15)26-18/h2-9,11H,10H2,1H3,(H,19,24). The maximum absolute atomic E-state index is 12.3. The zero-order valence-electron chi connectivity index (χ0n) is 13.9. The molecule has 7 nitrogen and oxygen atoms in total. The Morgan fingerprint density at radius 2 is 2.12 bits per heavy atom. The average molecular weight is 365 g/mol. The van der Waals surface area contributed by atoms with Gasteiger partial charge in [0.25, 0.3) is 5.91 Å². The van der Waals surface area contributed by atoms with Gasteiger partial charge < -0.3 is 10.1 Å². The lowest BCUT2D eigenvalue weighted by molar-refractivity contribution is 0.0950. The van der Waals surface area contributed by atoms with Crippen molar-refractivity contribution < 1.29 is 9.53 Å². The molecule has 0 spiro atoms. The SMILES string of the molecule is COc1cccc(-n2cc(CNC(=O)c3nc4ccccc4s3)nn2)c1. The average Bonchev–Trinajstić information content (AvgIpc) is 3.33. The summed E-state index contributed by atoms with van der Waals surface area (Å²) in [5.41, 5.74) is 2.31. The molecule has 1 N–H and O–H groups in total. The minimum atomic E-state index is -0.220. The summed E-state index contributed by atoms with van der Waals surface area (Å²) in [6, 6.07) is 15.2. The maximum Gasteiger partial charge on any atom is 0.280 e. The summed E-state index contributed by atoms with van der Waals surface area (Å²) in [6.07, 6.45) is 1.77. The van der Waals surface area contributed by atoms with Crippen LogP contribution in [-0.4, -0.2) is 33.0 Å². The summed E-state index contributed by atoms with van der Waals surface area (Å²) >= 11 is 1.37. The van der Waals surface area contributed by atoms with Crippen molar-refractivity contribution in [2.75, 3.05) is 7.11 Å². The monoisotopic (exact) mass is 365 g/mol. The third kappa shape index (κ3) is 3.27. The Hall–Kier alpha value is -3.26. The van der Waals surface area contributed by atoms with Crippen molar-refractivity contribution in [2.45, 2.75) is 6.54 Å². The van der Waals surface area contributed by atoms with Gasteiger partial charge in [-0.25, -0.2) is 9.67 Å². The van der Waals surface area contributed by atoms with Crippen LogP contribution in [0.25, 0.3) is 15.9 Å². The van der Waals surface area contributed by atoms with Crippen molar-refractivity contribution in [3.63, 3.8) is 0 Å². The smallest absolute Gasteiger partial charge is 0.280 e. The number of rotatable bonds is 5. The van der Waals surface area contributed by atoms with Crippen LogP contribution in [0.5, 0.6) is 5.75 Å². The summed E-state index contributed by atoms with van der Waals surface area (Å²) in [5, 5.41) is 11.5. The van der Waals surface area contributed by atoms with Crippen LogP contribution in [0.2, 0.25) is 0 Å². The number of thiazole rings is 1. The van der Waals surface area contributed by atoms with Crippen LogP contribution in [0.15, 0.2) is 54.7 Å². The van der Waals surface area contributed by atoms with Crippen molar-refractivity contribution in [2.24, 2.45) is 0 Å². The van der Waals surface area contributed by atoms with E-state index in [2.05, 4.69) is 20.6 Å². The fraction of sp³-hybridized carbons (Fsp3) is 0.111. The highest BCUT2D eigenvalue weighted by atomic mass is 32.1. The van der Waals surface area contributed by atoms with E-state index in [1.807, 2.05) is 48.5 Å². The van der Waals surface area contributed by atoms with Crippen molar-refractivity contribution in [3.05, 3.63) is 65.4 Å². The second-order valence-corrected chi connectivity index (χ2v) is 6.56. The van der Waals surface area contributed by atoms with Crippen LogP contribution in [0.1, 0.15) is 15.5 Å². The van der Waals surface area contributed by atoms with Gasteiger partial charge in [0.15, 0.2) is 5.01 Å². The van der Waals surface area contributed by atoms with Gasteiger partial charge in [-0.1, -0.05) is 23.4 Å². The van der Waals surface area contributed by atoms with Gasteiger partial charge in [0.2, 0.25) is 0 Å². The molecule has 8 heteroatoms. The predicted molar refractivity (Wildman–Crippen MR) is 98.7 cm³/mol. The molecule has 4 aromatic rings. The molecule has 0 aliphatic carbocycles. The molecule has 130 valence electrons. The Kier molecular flexibility index (Phi) is 4.32. The number of hydrogen-bond acceptors (Lipinski definition) is 6. The number of benzene rings is 2. The molecule has 2 heterocycles. The molecule has 0 saturated carbocycles. The first-order chi connectivity index (χ1) is 12.7. The highest BCUT2D eigenvalue weighted by Gasteiger charge is 2.12. The van der Waals surface area contributed by atoms with E-state index < -0.39 is 0 Å². The molecule has 2 aromatic carbocycles. The number of nitrogens with one attached hydrogen (secondary N) is 1. The Bertz CT molecular complexity index is 1040. The molecule has 0 radical (unpaired) electrons. The number of hydrogen-bond donors (Lipinski definition) is 1. The van der Waals surface area contributed by atoms with Crippen LogP contribution in [0.3, 0.4) is 0 Å². The second kappa shape index (κ2) is 6.93. The first-order valence-corrected chi connectivity index (χ1v) is 8.74. The van der Waals surface area contributed by atoms with Gasteiger partial charge in [0.05, 0.1) is 35.8 Å². The Morgan fingerprint density at radius 1 is 1.23 bits per heavy atom. The number of aromatic nitrogens is 4. The van der Waals surface area contributed by atoms with Gasteiger partial charge >= 0.3 is 0 Å². The molecule has 1 amide bonds. The van der Waals surface area contributed by atoms with E-state index in [0.29, 0.717) is 10.7 Å². The summed E-state index contributed by atoms with van der Waals surface area (Å²) in [5.74, 6) is 0.519. The minimum Gasteiger partial charge on any atom is -0.497 e. The molecule has 0 aliphatic heterocycles. The molecule has 0 unspecified atom stereocenters. The van der Waals surface area contributed by atoms with Crippen LogP contribution in [0, 0.1) is 0 Å². The van der Waals surface area contributed by atoms with Crippen molar-refractivity contribution in [1.29, 1.82) is 0 Å². The van der Waals surface area contributed by atoms with E-state index in [-0.39, 0.29) is 12.5 Å². The van der Waals surface area contributed by atoms with E-state index in [1.54, 1.807) is 18.0 Å². The zero-order valence-corrected chi connectivity index (χ0v) is 14.7.